The highest BCUT2D eigenvalue weighted by Gasteiger charge is 2.29. The molecule has 11 heteroatoms. The average molecular weight is 373 g/mol. The number of primary amides is 1. The smallest absolute Gasteiger partial charge is 0.325 e. The van der Waals surface area contributed by atoms with Crippen molar-refractivity contribution in [1.82, 2.24) is 16.0 Å². The van der Waals surface area contributed by atoms with E-state index in [-0.39, 0.29) is 25.3 Å². The molecule has 0 saturated heterocycles. The summed E-state index contributed by atoms with van der Waals surface area (Å²) in [6.07, 6.45) is -0.309. The molecule has 0 saturated carbocycles. The molecule has 26 heavy (non-hydrogen) atoms. The fourth-order valence-electron chi connectivity index (χ4n) is 1.96. The summed E-state index contributed by atoms with van der Waals surface area (Å²) < 4.78 is 0. The van der Waals surface area contributed by atoms with Crippen molar-refractivity contribution in [1.29, 1.82) is 0 Å². The number of hydrogen-bond acceptors (Lipinski definition) is 6. The normalized spacial score (nSPS) is 14.0. The van der Waals surface area contributed by atoms with Crippen molar-refractivity contribution in [2.24, 2.45) is 17.4 Å². The number of aliphatic carboxylic acids is 1. The van der Waals surface area contributed by atoms with Crippen LogP contribution in [0, 0.1) is 5.92 Å². The summed E-state index contributed by atoms with van der Waals surface area (Å²) in [7, 11) is 0. The molecule has 3 atom stereocenters. The maximum absolute atomic E-state index is 12.4. The molecular weight excluding hydrogens is 346 g/mol. The molecule has 0 spiro atoms. The highest BCUT2D eigenvalue weighted by Crippen LogP contribution is 2.05. The lowest BCUT2D eigenvalue weighted by molar-refractivity contribution is -0.142. The Morgan fingerprint density at radius 1 is 0.962 bits per heavy atom. The molecule has 0 aliphatic heterocycles. The summed E-state index contributed by atoms with van der Waals surface area (Å²) in [6, 6.07) is -3.33. The van der Waals surface area contributed by atoms with Crippen LogP contribution in [0.1, 0.15) is 33.6 Å². The summed E-state index contributed by atoms with van der Waals surface area (Å²) in [5.74, 6) is -4.22. The van der Waals surface area contributed by atoms with Gasteiger partial charge in [-0.15, -0.1) is 0 Å². The monoisotopic (exact) mass is 373 g/mol. The van der Waals surface area contributed by atoms with Crippen molar-refractivity contribution >= 4 is 29.6 Å². The van der Waals surface area contributed by atoms with Gasteiger partial charge in [-0.2, -0.15) is 0 Å². The average Bonchev–Trinajstić information content (AvgIpc) is 2.54. The van der Waals surface area contributed by atoms with E-state index >= 15 is 0 Å². The van der Waals surface area contributed by atoms with E-state index in [9.17, 15) is 24.0 Å². The zero-order chi connectivity index (χ0) is 20.4. The Kier molecular flexibility index (Phi) is 9.89. The number of nitrogens with two attached hydrogens (primary N) is 2. The number of rotatable bonds is 11. The Balaban J connectivity index is 5.20. The van der Waals surface area contributed by atoms with Gasteiger partial charge >= 0.3 is 5.97 Å². The van der Waals surface area contributed by atoms with Crippen LogP contribution in [0.4, 0.5) is 0 Å². The Labute approximate surface area is 151 Å². The molecule has 148 valence electrons. The lowest BCUT2D eigenvalue weighted by Gasteiger charge is -2.25. The Bertz CT molecular complexity index is 551. The van der Waals surface area contributed by atoms with E-state index in [0.29, 0.717) is 0 Å². The standard InChI is InChI=1S/C15H27N5O6/c1-7(2)12(20-11(22)6-16)14(24)19-9(4-5-10(17)21)13(23)18-8(3)15(25)26/h7-9,12H,4-6,16H2,1-3H3,(H2,17,21)(H,18,23)(H,19,24)(H,20,22)(H,25,26). The van der Waals surface area contributed by atoms with Gasteiger partial charge in [-0.25, -0.2) is 0 Å². The molecule has 0 aromatic rings. The quantitative estimate of drug-likeness (QED) is 0.229. The van der Waals surface area contributed by atoms with Crippen LogP contribution < -0.4 is 27.4 Å². The molecule has 4 amide bonds. The van der Waals surface area contributed by atoms with E-state index in [2.05, 4.69) is 16.0 Å². The number of carboxylic acids is 1. The zero-order valence-corrected chi connectivity index (χ0v) is 15.1. The first-order valence-corrected chi connectivity index (χ1v) is 8.10. The second-order valence-electron chi connectivity index (χ2n) is 6.13. The van der Waals surface area contributed by atoms with Crippen LogP contribution in [0.2, 0.25) is 0 Å². The molecule has 0 radical (unpaired) electrons. The van der Waals surface area contributed by atoms with Gasteiger partial charge in [-0.05, 0) is 19.3 Å². The molecule has 0 bridgehead atoms. The fourth-order valence-corrected chi connectivity index (χ4v) is 1.96. The molecule has 3 unspecified atom stereocenters. The molecule has 0 rings (SSSR count). The predicted molar refractivity (Wildman–Crippen MR) is 91.4 cm³/mol. The van der Waals surface area contributed by atoms with E-state index < -0.39 is 47.7 Å². The molecule has 0 aromatic carbocycles. The Morgan fingerprint density at radius 3 is 1.96 bits per heavy atom. The maximum Gasteiger partial charge on any atom is 0.325 e. The first kappa shape index (κ1) is 23.3. The molecule has 0 fully saturated rings. The van der Waals surface area contributed by atoms with Crippen LogP contribution in [-0.4, -0.2) is 59.4 Å². The van der Waals surface area contributed by atoms with Gasteiger partial charge in [0.2, 0.25) is 23.6 Å². The predicted octanol–water partition coefficient (Wildman–Crippen LogP) is -2.57. The molecule has 0 aliphatic carbocycles. The summed E-state index contributed by atoms with van der Waals surface area (Å²) in [6.45, 7) is 4.32. The first-order valence-electron chi connectivity index (χ1n) is 8.10. The van der Waals surface area contributed by atoms with Gasteiger partial charge in [0.15, 0.2) is 0 Å². The number of carboxylic acid groups (broad SMARTS) is 1. The molecule has 11 nitrogen and oxygen atoms in total. The molecule has 0 aliphatic rings. The highest BCUT2D eigenvalue weighted by atomic mass is 16.4. The van der Waals surface area contributed by atoms with Crippen molar-refractivity contribution < 1.29 is 29.1 Å². The molecule has 0 heterocycles. The van der Waals surface area contributed by atoms with Crippen molar-refractivity contribution in [3.05, 3.63) is 0 Å². The van der Waals surface area contributed by atoms with Crippen LogP contribution in [-0.2, 0) is 24.0 Å². The number of carbonyl (C=O) groups excluding carboxylic acids is 4. The Hall–Kier alpha value is -2.69. The van der Waals surface area contributed by atoms with E-state index in [1.54, 1.807) is 13.8 Å². The fraction of sp³-hybridized carbons (Fsp3) is 0.667. The summed E-state index contributed by atoms with van der Waals surface area (Å²) in [5, 5.41) is 15.9. The van der Waals surface area contributed by atoms with Crippen molar-refractivity contribution in [3.63, 3.8) is 0 Å². The summed E-state index contributed by atoms with van der Waals surface area (Å²) >= 11 is 0. The van der Waals surface area contributed by atoms with Crippen molar-refractivity contribution in [2.45, 2.75) is 51.7 Å². The first-order chi connectivity index (χ1) is 12.0. The topological polar surface area (TPSA) is 194 Å². The second-order valence-corrected chi connectivity index (χ2v) is 6.13. The number of hydrogen-bond donors (Lipinski definition) is 6. The summed E-state index contributed by atoms with van der Waals surface area (Å²) in [4.78, 5) is 58.0. The molecular formula is C15H27N5O6. The van der Waals surface area contributed by atoms with Gasteiger partial charge < -0.3 is 32.5 Å². The lowest BCUT2D eigenvalue weighted by atomic mass is 10.0. The number of amides is 4. The Morgan fingerprint density at radius 2 is 1.54 bits per heavy atom. The van der Waals surface area contributed by atoms with Gasteiger partial charge in [-0.1, -0.05) is 13.8 Å². The maximum atomic E-state index is 12.4. The SMILES string of the molecule is CC(NC(=O)C(CCC(N)=O)NC(=O)C(NC(=O)CN)C(C)C)C(=O)O. The zero-order valence-electron chi connectivity index (χ0n) is 15.1. The third-order valence-electron chi connectivity index (χ3n) is 3.49. The van der Waals surface area contributed by atoms with Gasteiger partial charge in [0.25, 0.3) is 0 Å². The van der Waals surface area contributed by atoms with Gasteiger partial charge in [0, 0.05) is 6.42 Å². The lowest BCUT2D eigenvalue weighted by Crippen LogP contribution is -2.57. The van der Waals surface area contributed by atoms with E-state index in [1.807, 2.05) is 0 Å². The minimum atomic E-state index is -1.26. The van der Waals surface area contributed by atoms with Crippen LogP contribution in [0.3, 0.4) is 0 Å². The molecule has 0 aromatic heterocycles. The largest absolute Gasteiger partial charge is 0.480 e. The minimum Gasteiger partial charge on any atom is -0.480 e. The van der Waals surface area contributed by atoms with E-state index in [0.717, 1.165) is 0 Å². The molecule has 8 N–H and O–H groups in total. The second kappa shape index (κ2) is 11.0. The van der Waals surface area contributed by atoms with Crippen LogP contribution >= 0.6 is 0 Å². The van der Waals surface area contributed by atoms with Crippen LogP contribution in [0.15, 0.2) is 0 Å². The third kappa shape index (κ3) is 8.42. The van der Waals surface area contributed by atoms with Gasteiger partial charge in [-0.3, -0.25) is 24.0 Å². The van der Waals surface area contributed by atoms with Crippen LogP contribution in [0.5, 0.6) is 0 Å². The van der Waals surface area contributed by atoms with Gasteiger partial charge in [0.05, 0.1) is 6.54 Å². The summed E-state index contributed by atoms with van der Waals surface area (Å²) in [5.41, 5.74) is 10.3. The highest BCUT2D eigenvalue weighted by molar-refractivity contribution is 5.93. The number of nitrogens with one attached hydrogen (secondary N) is 3. The van der Waals surface area contributed by atoms with E-state index in [1.165, 1.54) is 6.92 Å². The van der Waals surface area contributed by atoms with Gasteiger partial charge in [0.1, 0.15) is 18.1 Å². The van der Waals surface area contributed by atoms with Crippen molar-refractivity contribution in [2.75, 3.05) is 6.54 Å². The van der Waals surface area contributed by atoms with Crippen LogP contribution in [0.25, 0.3) is 0 Å². The third-order valence-corrected chi connectivity index (χ3v) is 3.49. The number of carbonyl (C=O) groups is 5. The van der Waals surface area contributed by atoms with E-state index in [4.69, 9.17) is 16.6 Å². The van der Waals surface area contributed by atoms with Crippen molar-refractivity contribution in [3.8, 4) is 0 Å². The minimum absolute atomic E-state index is 0.116.